The molecule has 2 aromatic rings. The Morgan fingerprint density at radius 3 is 2.62 bits per heavy atom. The highest BCUT2D eigenvalue weighted by atomic mass is 35.5. The Kier molecular flexibility index (Phi) is 4.97. The standard InChI is InChI=1S/C17H15ClN2O/c1-20(12-15-6-2-5-14(8-15)11-19)17(21)10-13-4-3-7-16(18)9-13/h2-9H,10,12H2,1H3. The minimum absolute atomic E-state index is 0.0135. The molecule has 0 saturated heterocycles. The number of hydrogen-bond acceptors (Lipinski definition) is 2. The summed E-state index contributed by atoms with van der Waals surface area (Å²) < 4.78 is 0. The minimum atomic E-state index is 0.0135. The summed E-state index contributed by atoms with van der Waals surface area (Å²) in [5, 5.41) is 9.51. The SMILES string of the molecule is CN(Cc1cccc(C#N)c1)C(=O)Cc1cccc(Cl)c1. The van der Waals surface area contributed by atoms with Gasteiger partial charge >= 0.3 is 0 Å². The zero-order valence-electron chi connectivity index (χ0n) is 11.7. The Bertz CT molecular complexity index is 691. The zero-order chi connectivity index (χ0) is 15.2. The fourth-order valence-electron chi connectivity index (χ4n) is 2.06. The number of carbonyl (C=O) groups excluding carboxylic acids is 1. The average molecular weight is 299 g/mol. The highest BCUT2D eigenvalue weighted by molar-refractivity contribution is 6.30. The van der Waals surface area contributed by atoms with E-state index in [1.165, 1.54) is 0 Å². The molecule has 106 valence electrons. The first-order valence-corrected chi connectivity index (χ1v) is 6.94. The van der Waals surface area contributed by atoms with E-state index in [4.69, 9.17) is 16.9 Å². The quantitative estimate of drug-likeness (QED) is 0.868. The van der Waals surface area contributed by atoms with Crippen LogP contribution in [0.4, 0.5) is 0 Å². The minimum Gasteiger partial charge on any atom is -0.341 e. The molecule has 0 bridgehead atoms. The number of benzene rings is 2. The fraction of sp³-hybridized carbons (Fsp3) is 0.176. The summed E-state index contributed by atoms with van der Waals surface area (Å²) in [4.78, 5) is 13.9. The Balaban J connectivity index is 2.01. The van der Waals surface area contributed by atoms with Crippen molar-refractivity contribution in [2.45, 2.75) is 13.0 Å². The highest BCUT2D eigenvalue weighted by Crippen LogP contribution is 2.13. The molecule has 3 nitrogen and oxygen atoms in total. The van der Waals surface area contributed by atoms with Crippen molar-refractivity contribution in [2.24, 2.45) is 0 Å². The number of nitrogens with zero attached hydrogens (tertiary/aromatic N) is 2. The van der Waals surface area contributed by atoms with Gasteiger partial charge < -0.3 is 4.90 Å². The molecule has 0 fully saturated rings. The average Bonchev–Trinajstić information content (AvgIpc) is 2.47. The van der Waals surface area contributed by atoms with Gasteiger partial charge in [-0.05, 0) is 35.4 Å². The van der Waals surface area contributed by atoms with Gasteiger partial charge in [-0.3, -0.25) is 4.79 Å². The van der Waals surface area contributed by atoms with Crippen molar-refractivity contribution in [1.29, 1.82) is 5.26 Å². The molecule has 0 spiro atoms. The predicted octanol–water partition coefficient (Wildman–Crippen LogP) is 3.41. The van der Waals surface area contributed by atoms with Crippen molar-refractivity contribution in [2.75, 3.05) is 7.05 Å². The normalized spacial score (nSPS) is 9.95. The van der Waals surface area contributed by atoms with Crippen LogP contribution in [0.1, 0.15) is 16.7 Å². The maximum atomic E-state index is 12.2. The Labute approximate surface area is 129 Å². The van der Waals surface area contributed by atoms with Gasteiger partial charge in [-0.15, -0.1) is 0 Å². The molecule has 0 atom stereocenters. The van der Waals surface area contributed by atoms with Crippen molar-refractivity contribution in [3.63, 3.8) is 0 Å². The smallest absolute Gasteiger partial charge is 0.227 e. The van der Waals surface area contributed by atoms with E-state index >= 15 is 0 Å². The molecule has 0 aromatic heterocycles. The van der Waals surface area contributed by atoms with Crippen LogP contribution < -0.4 is 0 Å². The second-order valence-corrected chi connectivity index (χ2v) is 5.31. The Morgan fingerprint density at radius 2 is 1.90 bits per heavy atom. The number of halogens is 1. The summed E-state index contributed by atoms with van der Waals surface area (Å²) in [5.74, 6) is 0.0135. The Morgan fingerprint density at radius 1 is 1.19 bits per heavy atom. The monoisotopic (exact) mass is 298 g/mol. The molecule has 21 heavy (non-hydrogen) atoms. The van der Waals surface area contributed by atoms with Gasteiger partial charge in [0.05, 0.1) is 18.1 Å². The van der Waals surface area contributed by atoms with Crippen LogP contribution in [0.25, 0.3) is 0 Å². The van der Waals surface area contributed by atoms with Gasteiger partial charge in [0, 0.05) is 18.6 Å². The van der Waals surface area contributed by atoms with Crippen LogP contribution in [-0.2, 0) is 17.8 Å². The first-order valence-electron chi connectivity index (χ1n) is 6.56. The van der Waals surface area contributed by atoms with Crippen LogP contribution in [-0.4, -0.2) is 17.9 Å². The number of carbonyl (C=O) groups is 1. The number of rotatable bonds is 4. The first kappa shape index (κ1) is 15.1. The zero-order valence-corrected chi connectivity index (χ0v) is 12.5. The van der Waals surface area contributed by atoms with E-state index in [-0.39, 0.29) is 5.91 Å². The summed E-state index contributed by atoms with van der Waals surface area (Å²) in [5.41, 5.74) is 2.43. The first-order chi connectivity index (χ1) is 10.1. The van der Waals surface area contributed by atoms with Crippen molar-refractivity contribution >= 4 is 17.5 Å². The van der Waals surface area contributed by atoms with E-state index in [9.17, 15) is 4.79 Å². The number of hydrogen-bond donors (Lipinski definition) is 0. The third-order valence-corrected chi connectivity index (χ3v) is 3.38. The second-order valence-electron chi connectivity index (χ2n) is 4.87. The molecule has 0 aliphatic carbocycles. The van der Waals surface area contributed by atoms with Gasteiger partial charge in [0.15, 0.2) is 0 Å². The van der Waals surface area contributed by atoms with Crippen LogP contribution >= 0.6 is 11.6 Å². The van der Waals surface area contributed by atoms with Gasteiger partial charge in [0.1, 0.15) is 0 Å². The number of nitriles is 1. The van der Waals surface area contributed by atoms with E-state index in [1.54, 1.807) is 36.2 Å². The summed E-state index contributed by atoms with van der Waals surface area (Å²) in [6, 6.07) is 16.7. The van der Waals surface area contributed by atoms with E-state index < -0.39 is 0 Å². The molecule has 1 amide bonds. The van der Waals surface area contributed by atoms with Crippen LogP contribution in [0, 0.1) is 11.3 Å². The van der Waals surface area contributed by atoms with Crippen molar-refractivity contribution in [3.05, 3.63) is 70.2 Å². The molecule has 0 aliphatic rings. The molecule has 2 rings (SSSR count). The third kappa shape index (κ3) is 4.34. The van der Waals surface area contributed by atoms with Crippen LogP contribution in [0.2, 0.25) is 5.02 Å². The third-order valence-electron chi connectivity index (χ3n) is 3.15. The second kappa shape index (κ2) is 6.92. The lowest BCUT2D eigenvalue weighted by atomic mass is 10.1. The van der Waals surface area contributed by atoms with Gasteiger partial charge in [-0.25, -0.2) is 0 Å². The number of likely N-dealkylation sites (N-methyl/N-ethyl adjacent to an activating group) is 1. The van der Waals surface area contributed by atoms with Gasteiger partial charge in [-0.2, -0.15) is 5.26 Å². The van der Waals surface area contributed by atoms with Crippen molar-refractivity contribution in [1.82, 2.24) is 4.90 Å². The predicted molar refractivity (Wildman–Crippen MR) is 82.8 cm³/mol. The van der Waals surface area contributed by atoms with Crippen LogP contribution in [0.15, 0.2) is 48.5 Å². The molecule has 0 saturated carbocycles. The molecule has 4 heteroatoms. The van der Waals surface area contributed by atoms with E-state index in [0.29, 0.717) is 23.6 Å². The molecular formula is C17H15ClN2O. The molecule has 0 radical (unpaired) electrons. The molecule has 0 heterocycles. The fourth-order valence-corrected chi connectivity index (χ4v) is 2.27. The lowest BCUT2D eigenvalue weighted by Crippen LogP contribution is -2.27. The Hall–Kier alpha value is -2.31. The molecule has 0 unspecified atom stereocenters. The van der Waals surface area contributed by atoms with Crippen molar-refractivity contribution in [3.8, 4) is 6.07 Å². The van der Waals surface area contributed by atoms with E-state index in [2.05, 4.69) is 6.07 Å². The van der Waals surface area contributed by atoms with E-state index in [0.717, 1.165) is 11.1 Å². The number of amides is 1. The lowest BCUT2D eigenvalue weighted by Gasteiger charge is -2.17. The summed E-state index contributed by atoms with van der Waals surface area (Å²) in [6.07, 6.45) is 0.314. The summed E-state index contributed by atoms with van der Waals surface area (Å²) >= 11 is 5.92. The molecule has 2 aromatic carbocycles. The van der Waals surface area contributed by atoms with Crippen LogP contribution in [0.5, 0.6) is 0 Å². The van der Waals surface area contributed by atoms with Crippen molar-refractivity contribution < 1.29 is 4.79 Å². The van der Waals surface area contributed by atoms with Gasteiger partial charge in [0.25, 0.3) is 0 Å². The largest absolute Gasteiger partial charge is 0.341 e. The molecular weight excluding hydrogens is 284 g/mol. The van der Waals surface area contributed by atoms with Gasteiger partial charge in [0.2, 0.25) is 5.91 Å². The molecule has 0 aliphatic heterocycles. The van der Waals surface area contributed by atoms with Crippen LogP contribution in [0.3, 0.4) is 0 Å². The molecule has 0 N–H and O–H groups in total. The maximum absolute atomic E-state index is 12.2. The topological polar surface area (TPSA) is 44.1 Å². The summed E-state index contributed by atoms with van der Waals surface area (Å²) in [7, 11) is 1.76. The maximum Gasteiger partial charge on any atom is 0.227 e. The lowest BCUT2D eigenvalue weighted by molar-refractivity contribution is -0.129. The van der Waals surface area contributed by atoms with Gasteiger partial charge in [-0.1, -0.05) is 35.9 Å². The van der Waals surface area contributed by atoms with E-state index in [1.807, 2.05) is 24.3 Å². The summed E-state index contributed by atoms with van der Waals surface area (Å²) in [6.45, 7) is 0.481. The highest BCUT2D eigenvalue weighted by Gasteiger charge is 2.10.